The molecule has 2 rings (SSSR count). The summed E-state index contributed by atoms with van der Waals surface area (Å²) < 4.78 is 0. The van der Waals surface area contributed by atoms with Crippen LogP contribution in [0.5, 0.6) is 0 Å². The lowest BCUT2D eigenvalue weighted by Crippen LogP contribution is -1.86. The Bertz CT molecular complexity index is 521. The molecule has 0 bridgehead atoms. The Balaban J connectivity index is 0.000000200. The van der Waals surface area contributed by atoms with Gasteiger partial charge in [-0.05, 0) is 25.0 Å². The van der Waals surface area contributed by atoms with Crippen LogP contribution in [0.2, 0.25) is 0 Å². The van der Waals surface area contributed by atoms with E-state index < -0.39 is 0 Å². The number of hydrogen-bond acceptors (Lipinski definition) is 2. The highest BCUT2D eigenvalue weighted by molar-refractivity contribution is 5.23. The van der Waals surface area contributed by atoms with Gasteiger partial charge in [0.1, 0.15) is 0 Å². The van der Waals surface area contributed by atoms with Crippen molar-refractivity contribution in [1.82, 2.24) is 0 Å². The van der Waals surface area contributed by atoms with Crippen LogP contribution in [0.15, 0.2) is 60.7 Å². The molecule has 0 aliphatic carbocycles. The maximum atomic E-state index is 8.54. The Morgan fingerprint density at radius 3 is 1.20 bits per heavy atom. The molecule has 20 heavy (non-hydrogen) atoms. The molecule has 0 spiro atoms. The Labute approximate surface area is 120 Å². The maximum absolute atomic E-state index is 8.54. The average Bonchev–Trinajstić information content (AvgIpc) is 2.55. The predicted octanol–water partition coefficient (Wildman–Crippen LogP) is 4.63. The highest BCUT2D eigenvalue weighted by Crippen LogP contribution is 2.12. The van der Waals surface area contributed by atoms with Gasteiger partial charge in [0.25, 0.3) is 0 Å². The van der Waals surface area contributed by atoms with Crippen LogP contribution in [0, 0.1) is 22.7 Å². The summed E-state index contributed by atoms with van der Waals surface area (Å²) in [4.78, 5) is 0. The van der Waals surface area contributed by atoms with Gasteiger partial charge in [0.05, 0.1) is 24.0 Å². The fourth-order valence-electron chi connectivity index (χ4n) is 1.63. The molecule has 0 heterocycles. The first-order valence-electron chi connectivity index (χ1n) is 6.58. The fraction of sp³-hybridized carbons (Fsp3) is 0.222. The van der Waals surface area contributed by atoms with Gasteiger partial charge in [-0.3, -0.25) is 0 Å². The van der Waals surface area contributed by atoms with Crippen LogP contribution >= 0.6 is 0 Å². The molecule has 0 saturated carbocycles. The summed E-state index contributed by atoms with van der Waals surface area (Å²) in [6.07, 6.45) is 0. The van der Waals surface area contributed by atoms with Crippen LogP contribution in [0.4, 0.5) is 0 Å². The molecule has 2 nitrogen and oxygen atoms in total. The molecule has 0 aliphatic rings. The minimum absolute atomic E-state index is 0.0150. The van der Waals surface area contributed by atoms with Crippen LogP contribution in [-0.4, -0.2) is 0 Å². The summed E-state index contributed by atoms with van der Waals surface area (Å²) in [5.41, 5.74) is 2.18. The number of benzene rings is 2. The molecule has 0 radical (unpaired) electrons. The van der Waals surface area contributed by atoms with Crippen LogP contribution in [0.1, 0.15) is 36.8 Å². The second-order valence-corrected chi connectivity index (χ2v) is 4.52. The standard InChI is InChI=1S/2C9H9N/c2*1-8(7-10)9-5-3-2-4-6-9/h2*2-6,8H,1H3. The zero-order valence-electron chi connectivity index (χ0n) is 11.8. The second-order valence-electron chi connectivity index (χ2n) is 4.52. The molecular formula is C18H18N2. The van der Waals surface area contributed by atoms with Crippen molar-refractivity contribution in [3.8, 4) is 12.1 Å². The molecule has 0 aliphatic heterocycles. The molecule has 2 aromatic rings. The summed E-state index contributed by atoms with van der Waals surface area (Å²) >= 11 is 0. The van der Waals surface area contributed by atoms with Gasteiger partial charge in [0, 0.05) is 0 Å². The van der Waals surface area contributed by atoms with Crippen LogP contribution < -0.4 is 0 Å². The zero-order chi connectivity index (χ0) is 14.8. The Morgan fingerprint density at radius 2 is 0.950 bits per heavy atom. The highest BCUT2D eigenvalue weighted by Gasteiger charge is 2.00. The van der Waals surface area contributed by atoms with Crippen molar-refractivity contribution in [3.63, 3.8) is 0 Å². The first-order valence-corrected chi connectivity index (χ1v) is 6.58. The van der Waals surface area contributed by atoms with E-state index in [1.807, 2.05) is 74.5 Å². The van der Waals surface area contributed by atoms with E-state index in [4.69, 9.17) is 10.5 Å². The van der Waals surface area contributed by atoms with Crippen molar-refractivity contribution in [1.29, 1.82) is 10.5 Å². The molecule has 100 valence electrons. The van der Waals surface area contributed by atoms with Gasteiger partial charge in [0.2, 0.25) is 0 Å². The summed E-state index contributed by atoms with van der Waals surface area (Å²) in [5, 5.41) is 17.1. The zero-order valence-corrected chi connectivity index (χ0v) is 11.8. The van der Waals surface area contributed by atoms with E-state index in [2.05, 4.69) is 12.1 Å². The van der Waals surface area contributed by atoms with Crippen LogP contribution in [0.25, 0.3) is 0 Å². The van der Waals surface area contributed by atoms with Crippen molar-refractivity contribution in [3.05, 3.63) is 71.8 Å². The van der Waals surface area contributed by atoms with E-state index in [1.165, 1.54) is 0 Å². The summed E-state index contributed by atoms with van der Waals surface area (Å²) in [5.74, 6) is 0.0300. The number of rotatable bonds is 2. The van der Waals surface area contributed by atoms with E-state index in [-0.39, 0.29) is 11.8 Å². The van der Waals surface area contributed by atoms with Gasteiger partial charge in [0.15, 0.2) is 0 Å². The molecule has 2 heteroatoms. The normalized spacial score (nSPS) is 12.0. The van der Waals surface area contributed by atoms with Gasteiger partial charge in [-0.15, -0.1) is 0 Å². The lowest BCUT2D eigenvalue weighted by atomic mass is 10.0. The molecule has 2 unspecified atom stereocenters. The van der Waals surface area contributed by atoms with Crippen molar-refractivity contribution in [2.75, 3.05) is 0 Å². The van der Waals surface area contributed by atoms with E-state index in [1.54, 1.807) is 0 Å². The first-order chi connectivity index (χ1) is 9.69. The Morgan fingerprint density at radius 1 is 0.650 bits per heavy atom. The van der Waals surface area contributed by atoms with Gasteiger partial charge < -0.3 is 0 Å². The molecule has 0 amide bonds. The Kier molecular flexibility index (Phi) is 6.59. The van der Waals surface area contributed by atoms with Crippen molar-refractivity contribution in [2.45, 2.75) is 25.7 Å². The average molecular weight is 262 g/mol. The fourth-order valence-corrected chi connectivity index (χ4v) is 1.63. The summed E-state index contributed by atoms with van der Waals surface area (Å²) in [6.45, 7) is 3.80. The van der Waals surface area contributed by atoms with Gasteiger partial charge in [-0.2, -0.15) is 10.5 Å². The lowest BCUT2D eigenvalue weighted by molar-refractivity contribution is 0.982. The topological polar surface area (TPSA) is 47.6 Å². The van der Waals surface area contributed by atoms with E-state index in [0.717, 1.165) is 11.1 Å². The van der Waals surface area contributed by atoms with E-state index in [0.29, 0.717) is 0 Å². The molecule has 0 saturated heterocycles. The second kappa shape index (κ2) is 8.51. The molecule has 0 aromatic heterocycles. The van der Waals surface area contributed by atoms with Crippen LogP contribution in [0.3, 0.4) is 0 Å². The maximum Gasteiger partial charge on any atom is 0.0700 e. The monoisotopic (exact) mass is 262 g/mol. The molecule has 2 aromatic carbocycles. The quantitative estimate of drug-likeness (QED) is 0.792. The summed E-state index contributed by atoms with van der Waals surface area (Å²) in [6, 6.07) is 23.9. The lowest BCUT2D eigenvalue weighted by Gasteiger charge is -1.99. The first kappa shape index (κ1) is 15.5. The summed E-state index contributed by atoms with van der Waals surface area (Å²) in [7, 11) is 0. The van der Waals surface area contributed by atoms with Crippen molar-refractivity contribution in [2.24, 2.45) is 0 Å². The SMILES string of the molecule is CC(C#N)c1ccccc1.CC(C#N)c1ccccc1. The van der Waals surface area contributed by atoms with Gasteiger partial charge >= 0.3 is 0 Å². The van der Waals surface area contributed by atoms with Crippen molar-refractivity contribution < 1.29 is 0 Å². The van der Waals surface area contributed by atoms with Gasteiger partial charge in [-0.1, -0.05) is 60.7 Å². The molecule has 0 fully saturated rings. The highest BCUT2D eigenvalue weighted by atomic mass is 14.3. The number of hydrogen-bond donors (Lipinski definition) is 0. The smallest absolute Gasteiger partial charge is 0.0700 e. The van der Waals surface area contributed by atoms with Gasteiger partial charge in [-0.25, -0.2) is 0 Å². The Hall–Kier alpha value is -2.58. The molecular weight excluding hydrogens is 244 g/mol. The number of nitrogens with zero attached hydrogens (tertiary/aromatic N) is 2. The predicted molar refractivity (Wildman–Crippen MR) is 80.9 cm³/mol. The van der Waals surface area contributed by atoms with E-state index >= 15 is 0 Å². The third kappa shape index (κ3) is 4.96. The van der Waals surface area contributed by atoms with Crippen molar-refractivity contribution >= 4 is 0 Å². The third-order valence-electron chi connectivity index (χ3n) is 2.99. The molecule has 0 N–H and O–H groups in total. The third-order valence-corrected chi connectivity index (χ3v) is 2.99. The minimum atomic E-state index is 0.0150. The number of nitriles is 2. The minimum Gasteiger partial charge on any atom is -0.198 e. The largest absolute Gasteiger partial charge is 0.198 e. The molecule has 2 atom stereocenters. The van der Waals surface area contributed by atoms with Crippen LogP contribution in [-0.2, 0) is 0 Å². The van der Waals surface area contributed by atoms with E-state index in [9.17, 15) is 0 Å².